The normalized spacial score (nSPS) is 17.9. The van der Waals surface area contributed by atoms with Gasteiger partial charge in [-0.1, -0.05) is 5.16 Å². The van der Waals surface area contributed by atoms with Crippen molar-refractivity contribution in [1.82, 2.24) is 35.2 Å². The summed E-state index contributed by atoms with van der Waals surface area (Å²) in [5.41, 5.74) is 2.12. The molecule has 0 radical (unpaired) electrons. The molecule has 5 rings (SSSR count). The predicted octanol–water partition coefficient (Wildman–Crippen LogP) is 2.33. The molecule has 10 heteroatoms. The maximum atomic E-state index is 13.1. The monoisotopic (exact) mass is 475 g/mol. The van der Waals surface area contributed by atoms with Gasteiger partial charge in [0, 0.05) is 62.4 Å². The minimum atomic E-state index is -0.182. The highest BCUT2D eigenvalue weighted by atomic mass is 16.5. The number of aromatic nitrogens is 4. The van der Waals surface area contributed by atoms with E-state index in [9.17, 15) is 9.59 Å². The van der Waals surface area contributed by atoms with Crippen LogP contribution in [0.3, 0.4) is 0 Å². The van der Waals surface area contributed by atoms with E-state index in [4.69, 9.17) is 4.52 Å². The summed E-state index contributed by atoms with van der Waals surface area (Å²) in [7, 11) is 0. The molecule has 2 amide bonds. The molecular formula is C25H29N7O3. The summed E-state index contributed by atoms with van der Waals surface area (Å²) in [6.45, 7) is 5.12. The number of piperidine rings is 2. The number of hydrogen-bond acceptors (Lipinski definition) is 8. The van der Waals surface area contributed by atoms with Crippen molar-refractivity contribution in [2.24, 2.45) is 0 Å². The molecule has 0 aliphatic carbocycles. The van der Waals surface area contributed by atoms with Crippen LogP contribution in [0.15, 0.2) is 47.6 Å². The first-order valence-corrected chi connectivity index (χ1v) is 12.1. The fourth-order valence-corrected chi connectivity index (χ4v) is 5.02. The van der Waals surface area contributed by atoms with Crippen LogP contribution in [0, 0.1) is 6.92 Å². The summed E-state index contributed by atoms with van der Waals surface area (Å²) in [5.74, 6) is 0.373. The first-order valence-electron chi connectivity index (χ1n) is 12.1. The first kappa shape index (κ1) is 23.1. The number of carbonyl (C=O) groups excluding carboxylic acids is 2. The molecule has 0 unspecified atom stereocenters. The fourth-order valence-electron chi connectivity index (χ4n) is 5.02. The first-order chi connectivity index (χ1) is 17.1. The van der Waals surface area contributed by atoms with Crippen molar-refractivity contribution in [3.8, 4) is 11.4 Å². The Morgan fingerprint density at radius 3 is 2.37 bits per heavy atom. The van der Waals surface area contributed by atoms with E-state index < -0.39 is 0 Å². The summed E-state index contributed by atoms with van der Waals surface area (Å²) in [6.07, 6.45) is 10.1. The topological polar surface area (TPSA) is 117 Å². The Morgan fingerprint density at radius 1 is 0.971 bits per heavy atom. The SMILES string of the molecule is Cc1onc(-c2ccncn2)c1C(=O)NC1CCN(C2CCN(C(=O)c3ccncc3)CC2)CC1. The molecule has 0 atom stereocenters. The number of carbonyl (C=O) groups is 2. The maximum absolute atomic E-state index is 13.1. The van der Waals surface area contributed by atoms with E-state index in [0.717, 1.165) is 51.9 Å². The third kappa shape index (κ3) is 5.07. The second-order valence-corrected chi connectivity index (χ2v) is 9.10. The van der Waals surface area contributed by atoms with Gasteiger partial charge in [-0.25, -0.2) is 9.97 Å². The van der Waals surface area contributed by atoms with Gasteiger partial charge in [-0.2, -0.15) is 0 Å². The van der Waals surface area contributed by atoms with Crippen molar-refractivity contribution in [3.63, 3.8) is 0 Å². The molecule has 1 N–H and O–H groups in total. The summed E-state index contributed by atoms with van der Waals surface area (Å²) in [4.78, 5) is 42.3. The lowest BCUT2D eigenvalue weighted by molar-refractivity contribution is 0.0566. The van der Waals surface area contributed by atoms with Crippen LogP contribution in [0.1, 0.15) is 52.2 Å². The molecule has 3 aromatic rings. The Labute approximate surface area is 203 Å². The van der Waals surface area contributed by atoms with Gasteiger partial charge in [0.05, 0.1) is 5.69 Å². The molecule has 2 aliphatic rings. The average Bonchev–Trinajstić information content (AvgIpc) is 3.31. The molecule has 2 saturated heterocycles. The van der Waals surface area contributed by atoms with Gasteiger partial charge in [-0.05, 0) is 50.8 Å². The molecule has 2 aliphatic heterocycles. The van der Waals surface area contributed by atoms with Crippen LogP contribution in [0.25, 0.3) is 11.4 Å². The molecule has 0 saturated carbocycles. The van der Waals surface area contributed by atoms with Crippen LogP contribution in [0.4, 0.5) is 0 Å². The highest BCUT2D eigenvalue weighted by molar-refractivity contribution is 6.00. The molecule has 2 fully saturated rings. The van der Waals surface area contributed by atoms with E-state index in [-0.39, 0.29) is 17.9 Å². The van der Waals surface area contributed by atoms with Gasteiger partial charge in [-0.3, -0.25) is 14.6 Å². The summed E-state index contributed by atoms with van der Waals surface area (Å²) in [6, 6.07) is 5.82. The molecular weight excluding hydrogens is 446 g/mol. The number of rotatable bonds is 5. The second-order valence-electron chi connectivity index (χ2n) is 9.10. The molecule has 3 aromatic heterocycles. The smallest absolute Gasteiger partial charge is 0.257 e. The zero-order chi connectivity index (χ0) is 24.2. The molecule has 10 nitrogen and oxygen atoms in total. The van der Waals surface area contributed by atoms with E-state index in [0.29, 0.717) is 34.3 Å². The van der Waals surface area contributed by atoms with E-state index in [1.54, 1.807) is 43.7 Å². The lowest BCUT2D eigenvalue weighted by Gasteiger charge is -2.42. The quantitative estimate of drug-likeness (QED) is 0.598. The third-order valence-electron chi connectivity index (χ3n) is 6.97. The number of hydrogen-bond donors (Lipinski definition) is 1. The van der Waals surface area contributed by atoms with Crippen molar-refractivity contribution >= 4 is 11.8 Å². The number of pyridine rings is 1. The van der Waals surface area contributed by atoms with Gasteiger partial charge in [-0.15, -0.1) is 0 Å². The largest absolute Gasteiger partial charge is 0.360 e. The predicted molar refractivity (Wildman–Crippen MR) is 127 cm³/mol. The fraction of sp³-hybridized carbons (Fsp3) is 0.440. The maximum Gasteiger partial charge on any atom is 0.257 e. The standard InChI is InChI=1S/C25H29N7O3/c1-17-22(23(30-35-17)21-4-11-27-16-28-21)24(33)29-19-5-12-31(13-6-19)20-7-14-32(15-8-20)25(34)18-2-9-26-10-3-18/h2-4,9-11,16,19-20H,5-8,12-15H2,1H3,(H,29,33). The van der Waals surface area contributed by atoms with Crippen LogP contribution in [0.5, 0.6) is 0 Å². The summed E-state index contributed by atoms with van der Waals surface area (Å²) >= 11 is 0. The van der Waals surface area contributed by atoms with Crippen molar-refractivity contribution < 1.29 is 14.1 Å². The van der Waals surface area contributed by atoms with Gasteiger partial charge >= 0.3 is 0 Å². The lowest BCUT2D eigenvalue weighted by atomic mass is 9.97. The third-order valence-corrected chi connectivity index (χ3v) is 6.97. The molecule has 0 spiro atoms. The van der Waals surface area contributed by atoms with Gasteiger partial charge in [0.2, 0.25) is 0 Å². The van der Waals surface area contributed by atoms with Crippen LogP contribution >= 0.6 is 0 Å². The molecule has 182 valence electrons. The van der Waals surface area contributed by atoms with E-state index in [2.05, 4.69) is 30.3 Å². The molecule has 5 heterocycles. The van der Waals surface area contributed by atoms with Gasteiger partial charge in [0.15, 0.2) is 0 Å². The Balaban J connectivity index is 1.12. The lowest BCUT2D eigenvalue weighted by Crippen LogP contribution is -2.51. The van der Waals surface area contributed by atoms with Gasteiger partial charge in [0.25, 0.3) is 11.8 Å². The van der Waals surface area contributed by atoms with E-state index in [1.165, 1.54) is 6.33 Å². The van der Waals surface area contributed by atoms with Crippen molar-refractivity contribution in [2.45, 2.75) is 44.7 Å². The molecule has 0 aromatic carbocycles. The summed E-state index contributed by atoms with van der Waals surface area (Å²) < 4.78 is 5.30. The molecule has 35 heavy (non-hydrogen) atoms. The highest BCUT2D eigenvalue weighted by Gasteiger charge is 2.31. The van der Waals surface area contributed by atoms with Crippen molar-refractivity contribution in [1.29, 1.82) is 0 Å². The van der Waals surface area contributed by atoms with E-state index >= 15 is 0 Å². The van der Waals surface area contributed by atoms with Crippen molar-refractivity contribution in [3.05, 3.63) is 60.0 Å². The minimum absolute atomic E-state index is 0.0811. The average molecular weight is 476 g/mol. The Hall–Kier alpha value is -3.66. The van der Waals surface area contributed by atoms with Gasteiger partial charge < -0.3 is 19.6 Å². The number of aryl methyl sites for hydroxylation is 1. The number of likely N-dealkylation sites (tertiary alicyclic amines) is 2. The molecule has 0 bridgehead atoms. The summed E-state index contributed by atoms with van der Waals surface area (Å²) in [5, 5.41) is 7.21. The van der Waals surface area contributed by atoms with Crippen LogP contribution in [-0.2, 0) is 0 Å². The minimum Gasteiger partial charge on any atom is -0.360 e. The second kappa shape index (κ2) is 10.3. The Bertz CT molecular complexity index is 1150. The highest BCUT2D eigenvalue weighted by Crippen LogP contribution is 2.25. The van der Waals surface area contributed by atoms with Crippen LogP contribution < -0.4 is 5.32 Å². The van der Waals surface area contributed by atoms with E-state index in [1.807, 2.05) is 4.90 Å². The Morgan fingerprint density at radius 2 is 1.69 bits per heavy atom. The van der Waals surface area contributed by atoms with Crippen LogP contribution in [0.2, 0.25) is 0 Å². The Kier molecular flexibility index (Phi) is 6.80. The number of nitrogens with zero attached hydrogens (tertiary/aromatic N) is 6. The van der Waals surface area contributed by atoms with Gasteiger partial charge in [0.1, 0.15) is 23.3 Å². The zero-order valence-corrected chi connectivity index (χ0v) is 19.8. The van der Waals surface area contributed by atoms with Crippen LogP contribution in [-0.4, -0.2) is 80.0 Å². The zero-order valence-electron chi connectivity index (χ0n) is 19.8. The van der Waals surface area contributed by atoms with Crippen molar-refractivity contribution in [2.75, 3.05) is 26.2 Å². The number of amides is 2. The number of nitrogens with one attached hydrogen (secondary N) is 1.